The van der Waals surface area contributed by atoms with Gasteiger partial charge >= 0.3 is 0 Å². The lowest BCUT2D eigenvalue weighted by Gasteiger charge is -2.33. The molecule has 0 aliphatic rings. The predicted octanol–water partition coefficient (Wildman–Crippen LogP) is 2.61. The lowest BCUT2D eigenvalue weighted by atomic mass is 9.88. The Kier molecular flexibility index (Phi) is 6.28. The summed E-state index contributed by atoms with van der Waals surface area (Å²) in [6.45, 7) is 6.18. The van der Waals surface area contributed by atoms with E-state index in [0.717, 1.165) is 0 Å². The van der Waals surface area contributed by atoms with E-state index in [9.17, 15) is 13.2 Å². The molecule has 0 aliphatic carbocycles. The lowest BCUT2D eigenvalue weighted by Crippen LogP contribution is -2.55. The fraction of sp³-hybridized carbons (Fsp3) is 0.350. The standard InChI is InChI=1S/C20H27N3O3S/c1-15(2)20(3,14-21)22-19(24)16-10-12-18(13-11-16)27(25,26)23(4)17-8-6-5-7-9-17/h5-13,15H,14,21H2,1-4H3,(H,22,24). The first-order chi connectivity index (χ1) is 12.6. The average Bonchev–Trinajstić information content (AvgIpc) is 2.67. The van der Waals surface area contributed by atoms with Crippen molar-refractivity contribution in [3.8, 4) is 0 Å². The van der Waals surface area contributed by atoms with Crippen LogP contribution < -0.4 is 15.4 Å². The first-order valence-electron chi connectivity index (χ1n) is 8.78. The molecule has 1 amide bonds. The van der Waals surface area contributed by atoms with Crippen LogP contribution in [0.25, 0.3) is 0 Å². The quantitative estimate of drug-likeness (QED) is 0.761. The van der Waals surface area contributed by atoms with E-state index in [4.69, 9.17) is 5.73 Å². The minimum Gasteiger partial charge on any atom is -0.345 e. The molecule has 2 rings (SSSR count). The van der Waals surface area contributed by atoms with Crippen molar-refractivity contribution >= 4 is 21.6 Å². The highest BCUT2D eigenvalue weighted by molar-refractivity contribution is 7.92. The first-order valence-corrected chi connectivity index (χ1v) is 10.2. The molecule has 0 spiro atoms. The topological polar surface area (TPSA) is 92.5 Å². The Morgan fingerprint density at radius 3 is 2.15 bits per heavy atom. The molecule has 2 aromatic rings. The fourth-order valence-electron chi connectivity index (χ4n) is 2.48. The molecule has 146 valence electrons. The molecule has 0 radical (unpaired) electrons. The Bertz CT molecular complexity index is 880. The van der Waals surface area contributed by atoms with Gasteiger partial charge < -0.3 is 11.1 Å². The van der Waals surface area contributed by atoms with Gasteiger partial charge in [0, 0.05) is 19.2 Å². The van der Waals surface area contributed by atoms with E-state index >= 15 is 0 Å². The van der Waals surface area contributed by atoms with E-state index in [1.807, 2.05) is 26.8 Å². The molecular weight excluding hydrogens is 362 g/mol. The smallest absolute Gasteiger partial charge is 0.264 e. The molecule has 0 saturated carbocycles. The second-order valence-electron chi connectivity index (χ2n) is 7.06. The van der Waals surface area contributed by atoms with Crippen LogP contribution in [0.2, 0.25) is 0 Å². The van der Waals surface area contributed by atoms with Crippen molar-refractivity contribution in [1.82, 2.24) is 5.32 Å². The fourth-order valence-corrected chi connectivity index (χ4v) is 3.67. The van der Waals surface area contributed by atoms with Crippen molar-refractivity contribution < 1.29 is 13.2 Å². The number of amides is 1. The van der Waals surface area contributed by atoms with E-state index in [1.165, 1.54) is 35.6 Å². The summed E-state index contributed by atoms with van der Waals surface area (Å²) in [5, 5.41) is 2.94. The third-order valence-corrected chi connectivity index (χ3v) is 6.79. The number of carbonyl (C=O) groups is 1. The number of nitrogens with two attached hydrogens (primary N) is 1. The SMILES string of the molecule is CC(C)C(C)(CN)NC(=O)c1ccc(S(=O)(=O)N(C)c2ccccc2)cc1. The Morgan fingerprint density at radius 2 is 1.67 bits per heavy atom. The minimum atomic E-state index is -3.71. The Hall–Kier alpha value is -2.38. The molecule has 2 aromatic carbocycles. The molecule has 0 fully saturated rings. The third kappa shape index (κ3) is 4.48. The van der Waals surface area contributed by atoms with Gasteiger partial charge in [-0.2, -0.15) is 0 Å². The summed E-state index contributed by atoms with van der Waals surface area (Å²) >= 11 is 0. The number of anilines is 1. The zero-order valence-corrected chi connectivity index (χ0v) is 17.0. The molecule has 0 heterocycles. The van der Waals surface area contributed by atoms with E-state index in [1.54, 1.807) is 24.3 Å². The maximum absolute atomic E-state index is 12.8. The van der Waals surface area contributed by atoms with Crippen LogP contribution in [-0.2, 0) is 10.0 Å². The largest absolute Gasteiger partial charge is 0.345 e. The number of carbonyl (C=O) groups excluding carboxylic acids is 1. The first kappa shape index (κ1) is 20.9. The number of sulfonamides is 1. The maximum atomic E-state index is 12.8. The second kappa shape index (κ2) is 8.10. The van der Waals surface area contributed by atoms with Crippen LogP contribution in [0.4, 0.5) is 5.69 Å². The van der Waals surface area contributed by atoms with Crippen LogP contribution >= 0.6 is 0 Å². The number of nitrogens with zero attached hydrogens (tertiary/aromatic N) is 1. The van der Waals surface area contributed by atoms with Crippen molar-refractivity contribution in [3.63, 3.8) is 0 Å². The summed E-state index contributed by atoms with van der Waals surface area (Å²) in [5.41, 5.74) is 6.22. The van der Waals surface area contributed by atoms with Gasteiger partial charge in [-0.3, -0.25) is 9.10 Å². The van der Waals surface area contributed by atoms with Gasteiger partial charge in [-0.25, -0.2) is 8.42 Å². The van der Waals surface area contributed by atoms with Gasteiger partial charge in [0.25, 0.3) is 15.9 Å². The van der Waals surface area contributed by atoms with Crippen LogP contribution in [0.3, 0.4) is 0 Å². The number of rotatable bonds is 7. The second-order valence-corrected chi connectivity index (χ2v) is 9.03. The van der Waals surface area contributed by atoms with Gasteiger partial charge in [0.15, 0.2) is 0 Å². The molecule has 0 bridgehead atoms. The third-order valence-electron chi connectivity index (χ3n) is 4.99. The number of para-hydroxylation sites is 1. The van der Waals surface area contributed by atoms with Gasteiger partial charge in [0.1, 0.15) is 0 Å². The van der Waals surface area contributed by atoms with Crippen LogP contribution in [0.5, 0.6) is 0 Å². The van der Waals surface area contributed by atoms with Crippen molar-refractivity contribution in [2.75, 3.05) is 17.9 Å². The normalized spacial score (nSPS) is 13.9. The monoisotopic (exact) mass is 389 g/mol. The maximum Gasteiger partial charge on any atom is 0.264 e. The van der Waals surface area contributed by atoms with Gasteiger partial charge in [0.05, 0.1) is 16.1 Å². The highest BCUT2D eigenvalue weighted by Crippen LogP contribution is 2.22. The van der Waals surface area contributed by atoms with Crippen LogP contribution in [-0.4, -0.2) is 33.5 Å². The lowest BCUT2D eigenvalue weighted by molar-refractivity contribution is 0.0883. The summed E-state index contributed by atoms with van der Waals surface area (Å²) < 4.78 is 26.8. The number of hydrogen-bond acceptors (Lipinski definition) is 4. The molecule has 6 nitrogen and oxygen atoms in total. The van der Waals surface area contributed by atoms with Crippen LogP contribution in [0, 0.1) is 5.92 Å². The van der Waals surface area contributed by atoms with Gasteiger partial charge in [-0.1, -0.05) is 32.0 Å². The number of nitrogens with one attached hydrogen (secondary N) is 1. The molecule has 0 aromatic heterocycles. The highest BCUT2D eigenvalue weighted by atomic mass is 32.2. The molecule has 3 N–H and O–H groups in total. The summed E-state index contributed by atoms with van der Waals surface area (Å²) in [5.74, 6) is -0.123. The summed E-state index contributed by atoms with van der Waals surface area (Å²) in [7, 11) is -2.21. The molecule has 27 heavy (non-hydrogen) atoms. The molecule has 1 unspecified atom stereocenters. The highest BCUT2D eigenvalue weighted by Gasteiger charge is 2.29. The Morgan fingerprint density at radius 1 is 1.11 bits per heavy atom. The molecule has 7 heteroatoms. The minimum absolute atomic E-state index is 0.121. The number of hydrogen-bond donors (Lipinski definition) is 2. The van der Waals surface area contributed by atoms with Crippen molar-refractivity contribution in [3.05, 3.63) is 60.2 Å². The summed E-state index contributed by atoms with van der Waals surface area (Å²) in [4.78, 5) is 12.6. The molecule has 1 atom stereocenters. The molecule has 0 saturated heterocycles. The van der Waals surface area contributed by atoms with E-state index < -0.39 is 15.6 Å². The van der Waals surface area contributed by atoms with Gasteiger partial charge in [0.2, 0.25) is 0 Å². The number of benzene rings is 2. The zero-order chi connectivity index (χ0) is 20.2. The van der Waals surface area contributed by atoms with E-state index in [-0.39, 0.29) is 16.7 Å². The van der Waals surface area contributed by atoms with Crippen LogP contribution in [0.15, 0.2) is 59.5 Å². The summed E-state index contributed by atoms with van der Waals surface area (Å²) in [6.07, 6.45) is 0. The van der Waals surface area contributed by atoms with Gasteiger partial charge in [-0.15, -0.1) is 0 Å². The van der Waals surface area contributed by atoms with E-state index in [2.05, 4.69) is 5.32 Å². The van der Waals surface area contributed by atoms with Crippen LogP contribution in [0.1, 0.15) is 31.1 Å². The average molecular weight is 390 g/mol. The Labute approximate surface area is 161 Å². The van der Waals surface area contributed by atoms with Crippen molar-refractivity contribution in [2.45, 2.75) is 31.2 Å². The van der Waals surface area contributed by atoms with Crippen molar-refractivity contribution in [2.24, 2.45) is 11.7 Å². The predicted molar refractivity (Wildman–Crippen MR) is 108 cm³/mol. The van der Waals surface area contributed by atoms with Crippen molar-refractivity contribution in [1.29, 1.82) is 0 Å². The van der Waals surface area contributed by atoms with E-state index in [0.29, 0.717) is 17.8 Å². The van der Waals surface area contributed by atoms with Gasteiger partial charge in [-0.05, 0) is 49.2 Å². The molecular formula is C20H27N3O3S. The zero-order valence-electron chi connectivity index (χ0n) is 16.1. The summed E-state index contributed by atoms with van der Waals surface area (Å²) in [6, 6.07) is 14.7. The Balaban J connectivity index is 2.23. The molecule has 0 aliphatic heterocycles.